The van der Waals surface area contributed by atoms with E-state index < -0.39 is 0 Å². The predicted octanol–water partition coefficient (Wildman–Crippen LogP) is 2.63. The minimum atomic E-state index is -0.329. The number of amides is 2. The van der Waals surface area contributed by atoms with Crippen LogP contribution in [0.1, 0.15) is 15.9 Å². The van der Waals surface area contributed by atoms with Crippen LogP contribution in [0.5, 0.6) is 0 Å². The molecule has 0 aromatic heterocycles. The molecule has 0 spiro atoms. The second-order valence-electron chi connectivity index (χ2n) is 4.57. The molecule has 4 nitrogen and oxygen atoms in total. The largest absolute Gasteiger partial charge is 0.350 e. The van der Waals surface area contributed by atoms with Crippen LogP contribution in [-0.2, 0) is 11.3 Å². The van der Waals surface area contributed by atoms with Crippen molar-refractivity contribution in [1.82, 2.24) is 10.6 Å². The zero-order valence-electron chi connectivity index (χ0n) is 11.6. The lowest BCUT2D eigenvalue weighted by Gasteiger charge is -2.08. The van der Waals surface area contributed by atoms with Crippen LogP contribution in [0.3, 0.4) is 0 Å². The highest BCUT2D eigenvalue weighted by atomic mass is 79.9. The second-order valence-corrected chi connectivity index (χ2v) is 5.42. The Bertz CT molecular complexity index is 674. The van der Waals surface area contributed by atoms with Crippen LogP contribution in [-0.4, -0.2) is 18.4 Å². The number of benzene rings is 2. The van der Waals surface area contributed by atoms with E-state index in [1.807, 2.05) is 0 Å². The van der Waals surface area contributed by atoms with Crippen LogP contribution in [0.25, 0.3) is 0 Å². The summed E-state index contributed by atoms with van der Waals surface area (Å²) in [4.78, 5) is 23.6. The summed E-state index contributed by atoms with van der Waals surface area (Å²) in [6.45, 7) is 0.158. The van der Waals surface area contributed by atoms with Crippen molar-refractivity contribution >= 4 is 27.7 Å². The molecule has 2 aromatic rings. The quantitative estimate of drug-likeness (QED) is 0.856. The number of hydrogen-bond donors (Lipinski definition) is 2. The Morgan fingerprint density at radius 3 is 2.36 bits per heavy atom. The van der Waals surface area contributed by atoms with Gasteiger partial charge < -0.3 is 10.6 Å². The van der Waals surface area contributed by atoms with E-state index in [1.165, 1.54) is 12.1 Å². The summed E-state index contributed by atoms with van der Waals surface area (Å²) in [6, 6.07) is 12.8. The lowest BCUT2D eigenvalue weighted by Crippen LogP contribution is -2.36. The molecule has 0 atom stereocenters. The molecule has 0 saturated heterocycles. The maximum Gasteiger partial charge on any atom is 0.252 e. The molecule has 22 heavy (non-hydrogen) atoms. The van der Waals surface area contributed by atoms with Crippen molar-refractivity contribution < 1.29 is 14.0 Å². The Balaban J connectivity index is 1.79. The summed E-state index contributed by atoms with van der Waals surface area (Å²) in [5.74, 6) is -0.968. The van der Waals surface area contributed by atoms with E-state index >= 15 is 0 Å². The molecule has 0 aliphatic carbocycles. The summed E-state index contributed by atoms with van der Waals surface area (Å²) in [5, 5.41) is 5.20. The number of carbonyl (C=O) groups is 2. The maximum atomic E-state index is 12.8. The number of carbonyl (C=O) groups excluding carboxylic acids is 2. The molecule has 0 saturated carbocycles. The van der Waals surface area contributed by atoms with Gasteiger partial charge in [-0.05, 0) is 45.8 Å². The van der Waals surface area contributed by atoms with Gasteiger partial charge in [0.15, 0.2) is 0 Å². The van der Waals surface area contributed by atoms with Crippen LogP contribution in [0.15, 0.2) is 53.0 Å². The summed E-state index contributed by atoms with van der Waals surface area (Å²) in [5.41, 5.74) is 1.25. The van der Waals surface area contributed by atoms with E-state index in [0.717, 1.165) is 5.56 Å². The Morgan fingerprint density at radius 2 is 1.68 bits per heavy atom. The first-order chi connectivity index (χ1) is 10.6. The summed E-state index contributed by atoms with van der Waals surface area (Å²) in [6.07, 6.45) is 0. The Hall–Kier alpha value is -2.21. The van der Waals surface area contributed by atoms with Gasteiger partial charge in [-0.3, -0.25) is 9.59 Å². The summed E-state index contributed by atoms with van der Waals surface area (Å²) >= 11 is 3.28. The predicted molar refractivity (Wildman–Crippen MR) is 84.7 cm³/mol. The van der Waals surface area contributed by atoms with E-state index in [4.69, 9.17) is 0 Å². The maximum absolute atomic E-state index is 12.8. The van der Waals surface area contributed by atoms with Gasteiger partial charge in [0.05, 0.1) is 12.1 Å². The third-order valence-corrected chi connectivity index (χ3v) is 3.62. The highest BCUT2D eigenvalue weighted by Crippen LogP contribution is 2.15. The van der Waals surface area contributed by atoms with Gasteiger partial charge in [-0.2, -0.15) is 0 Å². The minimum Gasteiger partial charge on any atom is -0.350 e. The van der Waals surface area contributed by atoms with Gasteiger partial charge in [0, 0.05) is 11.0 Å². The van der Waals surface area contributed by atoms with E-state index in [1.54, 1.807) is 36.4 Å². The lowest BCUT2D eigenvalue weighted by molar-refractivity contribution is -0.120. The van der Waals surface area contributed by atoms with E-state index in [0.29, 0.717) is 10.0 Å². The van der Waals surface area contributed by atoms with Crippen molar-refractivity contribution in [3.63, 3.8) is 0 Å². The molecule has 0 fully saturated rings. The van der Waals surface area contributed by atoms with Crippen molar-refractivity contribution in [2.24, 2.45) is 0 Å². The first-order valence-electron chi connectivity index (χ1n) is 6.60. The fraction of sp³-hybridized carbons (Fsp3) is 0.125. The fourth-order valence-electron chi connectivity index (χ4n) is 1.77. The zero-order valence-corrected chi connectivity index (χ0v) is 13.2. The monoisotopic (exact) mass is 364 g/mol. The Kier molecular flexibility index (Phi) is 5.66. The summed E-state index contributed by atoms with van der Waals surface area (Å²) < 4.78 is 13.4. The first-order valence-corrected chi connectivity index (χ1v) is 7.39. The second kappa shape index (κ2) is 7.70. The van der Waals surface area contributed by atoms with Gasteiger partial charge in [-0.15, -0.1) is 0 Å². The van der Waals surface area contributed by atoms with Crippen LogP contribution in [0, 0.1) is 5.82 Å². The standard InChI is InChI=1S/C16H14BrFN2O2/c17-14-4-2-1-3-13(14)16(22)20-10-15(21)19-9-11-5-7-12(18)8-6-11/h1-8H,9-10H2,(H,19,21)(H,20,22). The molecular formula is C16H14BrFN2O2. The van der Waals surface area contributed by atoms with Gasteiger partial charge in [-0.25, -0.2) is 4.39 Å². The van der Waals surface area contributed by atoms with Crippen LogP contribution >= 0.6 is 15.9 Å². The molecule has 0 bridgehead atoms. The van der Waals surface area contributed by atoms with Gasteiger partial charge in [0.1, 0.15) is 5.82 Å². The molecule has 2 N–H and O–H groups in total. The van der Waals surface area contributed by atoms with Crippen molar-refractivity contribution in [3.05, 3.63) is 69.9 Å². The minimum absolute atomic E-state index is 0.124. The number of rotatable bonds is 5. The van der Waals surface area contributed by atoms with Crippen molar-refractivity contribution in [2.75, 3.05) is 6.54 Å². The SMILES string of the molecule is O=C(CNC(=O)c1ccccc1Br)NCc1ccc(F)cc1. The van der Waals surface area contributed by atoms with E-state index in [9.17, 15) is 14.0 Å². The van der Waals surface area contributed by atoms with Crippen LogP contribution < -0.4 is 10.6 Å². The van der Waals surface area contributed by atoms with E-state index in [2.05, 4.69) is 26.6 Å². The lowest BCUT2D eigenvalue weighted by atomic mass is 10.2. The molecule has 0 unspecified atom stereocenters. The molecule has 2 aromatic carbocycles. The summed E-state index contributed by atoms with van der Waals surface area (Å²) in [7, 11) is 0. The van der Waals surface area contributed by atoms with Crippen molar-refractivity contribution in [2.45, 2.75) is 6.54 Å². The fourth-order valence-corrected chi connectivity index (χ4v) is 2.23. The Labute approximate surface area is 135 Å². The highest BCUT2D eigenvalue weighted by Gasteiger charge is 2.10. The third kappa shape index (κ3) is 4.66. The first kappa shape index (κ1) is 16.2. The molecular weight excluding hydrogens is 351 g/mol. The number of nitrogens with one attached hydrogen (secondary N) is 2. The molecule has 114 valence electrons. The normalized spacial score (nSPS) is 10.1. The van der Waals surface area contributed by atoms with Gasteiger partial charge >= 0.3 is 0 Å². The molecule has 6 heteroatoms. The van der Waals surface area contributed by atoms with Crippen LogP contribution in [0.2, 0.25) is 0 Å². The van der Waals surface area contributed by atoms with Crippen molar-refractivity contribution in [3.8, 4) is 0 Å². The van der Waals surface area contributed by atoms with E-state index in [-0.39, 0.29) is 30.7 Å². The Morgan fingerprint density at radius 1 is 1.00 bits per heavy atom. The molecule has 2 rings (SSSR count). The topological polar surface area (TPSA) is 58.2 Å². The molecule has 0 heterocycles. The molecule has 2 amide bonds. The average Bonchev–Trinajstić information content (AvgIpc) is 2.52. The smallest absolute Gasteiger partial charge is 0.252 e. The van der Waals surface area contributed by atoms with Gasteiger partial charge in [0.2, 0.25) is 5.91 Å². The molecule has 0 aliphatic rings. The van der Waals surface area contributed by atoms with Crippen molar-refractivity contribution in [1.29, 1.82) is 0 Å². The van der Waals surface area contributed by atoms with Gasteiger partial charge in [0.25, 0.3) is 5.91 Å². The molecule has 0 aliphatic heterocycles. The third-order valence-electron chi connectivity index (χ3n) is 2.93. The number of hydrogen-bond acceptors (Lipinski definition) is 2. The van der Waals surface area contributed by atoms with Crippen LogP contribution in [0.4, 0.5) is 4.39 Å². The van der Waals surface area contributed by atoms with Gasteiger partial charge in [-0.1, -0.05) is 24.3 Å². The zero-order chi connectivity index (χ0) is 15.9. The number of halogens is 2. The highest BCUT2D eigenvalue weighted by molar-refractivity contribution is 9.10. The molecule has 0 radical (unpaired) electrons. The average molecular weight is 365 g/mol.